The highest BCUT2D eigenvalue weighted by molar-refractivity contribution is 6.05. The number of aryl methyl sites for hydroxylation is 2. The van der Waals surface area contributed by atoms with E-state index >= 15 is 0 Å². The molecule has 106 valence electrons. The van der Waals surface area contributed by atoms with Crippen molar-refractivity contribution in [1.29, 1.82) is 0 Å². The predicted octanol–water partition coefficient (Wildman–Crippen LogP) is 2.29. The van der Waals surface area contributed by atoms with Crippen LogP contribution in [0.4, 0.5) is 5.82 Å². The molecule has 0 saturated heterocycles. The number of hydrogen-bond acceptors (Lipinski definition) is 3. The molecule has 0 unspecified atom stereocenters. The van der Waals surface area contributed by atoms with Crippen LogP contribution in [0.1, 0.15) is 27.2 Å². The average Bonchev–Trinajstić information content (AvgIpc) is 2.45. The summed E-state index contributed by atoms with van der Waals surface area (Å²) in [6.07, 6.45) is 0. The molecule has 0 aliphatic carbocycles. The first-order valence-electron chi connectivity index (χ1n) is 6.55. The summed E-state index contributed by atoms with van der Waals surface area (Å²) in [5.74, 6) is 5.60. The van der Waals surface area contributed by atoms with Crippen molar-refractivity contribution in [1.82, 2.24) is 4.98 Å². The van der Waals surface area contributed by atoms with Crippen LogP contribution < -0.4 is 5.32 Å². The van der Waals surface area contributed by atoms with Crippen LogP contribution in [0.3, 0.4) is 0 Å². The Kier molecular flexibility index (Phi) is 4.70. The molecule has 1 aromatic carbocycles. The number of anilines is 1. The van der Waals surface area contributed by atoms with Gasteiger partial charge in [0.1, 0.15) is 12.4 Å². The van der Waals surface area contributed by atoms with Gasteiger partial charge in [-0.25, -0.2) is 4.98 Å². The van der Waals surface area contributed by atoms with E-state index in [0.717, 1.165) is 11.3 Å². The number of rotatable bonds is 2. The van der Waals surface area contributed by atoms with E-state index in [0.29, 0.717) is 16.9 Å². The van der Waals surface area contributed by atoms with Crippen molar-refractivity contribution in [3.8, 4) is 11.8 Å². The van der Waals surface area contributed by atoms with Crippen LogP contribution in [0, 0.1) is 25.7 Å². The molecule has 0 spiro atoms. The average molecular weight is 280 g/mol. The lowest BCUT2D eigenvalue weighted by molar-refractivity contribution is 0.102. The molecule has 2 N–H and O–H groups in total. The quantitative estimate of drug-likeness (QED) is 0.830. The van der Waals surface area contributed by atoms with Gasteiger partial charge in [-0.2, -0.15) is 0 Å². The standard InChI is InChI=1S/C17H16N2O2/c1-12-8-9-15(14(11-12)6-4-10-20)17(21)19-16-7-3-5-13(2)18-16/h3,5,7-9,11,20H,10H2,1-2H3,(H,18,19,21). The first kappa shape index (κ1) is 14.8. The number of amides is 1. The zero-order valence-corrected chi connectivity index (χ0v) is 12.0. The number of nitrogens with zero attached hydrogens (tertiary/aromatic N) is 1. The number of aliphatic hydroxyl groups is 1. The summed E-state index contributed by atoms with van der Waals surface area (Å²) >= 11 is 0. The van der Waals surface area contributed by atoms with Crippen LogP contribution in [0.2, 0.25) is 0 Å². The molecular weight excluding hydrogens is 264 g/mol. The van der Waals surface area contributed by atoms with Gasteiger partial charge in [-0.15, -0.1) is 0 Å². The fourth-order valence-electron chi connectivity index (χ4n) is 1.89. The molecule has 0 saturated carbocycles. The monoisotopic (exact) mass is 280 g/mol. The summed E-state index contributed by atoms with van der Waals surface area (Å²) in [6.45, 7) is 3.54. The second-order valence-electron chi connectivity index (χ2n) is 4.63. The Morgan fingerprint density at radius 1 is 1.29 bits per heavy atom. The van der Waals surface area contributed by atoms with Gasteiger partial charge in [-0.3, -0.25) is 4.79 Å². The van der Waals surface area contributed by atoms with Gasteiger partial charge in [0.2, 0.25) is 0 Å². The van der Waals surface area contributed by atoms with Crippen LogP contribution in [0.25, 0.3) is 0 Å². The third kappa shape index (κ3) is 3.91. The Morgan fingerprint density at radius 2 is 2.10 bits per heavy atom. The maximum Gasteiger partial charge on any atom is 0.258 e. The molecule has 21 heavy (non-hydrogen) atoms. The highest BCUT2D eigenvalue weighted by atomic mass is 16.2. The second-order valence-corrected chi connectivity index (χ2v) is 4.63. The Bertz CT molecular complexity index is 727. The lowest BCUT2D eigenvalue weighted by atomic mass is 10.0. The zero-order chi connectivity index (χ0) is 15.2. The highest BCUT2D eigenvalue weighted by Crippen LogP contribution is 2.13. The Labute approximate surface area is 123 Å². The summed E-state index contributed by atoms with van der Waals surface area (Å²) in [5, 5.41) is 11.6. The molecule has 0 radical (unpaired) electrons. The van der Waals surface area contributed by atoms with E-state index in [4.69, 9.17) is 5.11 Å². The fourth-order valence-corrected chi connectivity index (χ4v) is 1.89. The van der Waals surface area contributed by atoms with E-state index < -0.39 is 0 Å². The van der Waals surface area contributed by atoms with E-state index in [1.165, 1.54) is 0 Å². The number of aromatic nitrogens is 1. The Morgan fingerprint density at radius 3 is 2.81 bits per heavy atom. The van der Waals surface area contributed by atoms with Crippen molar-refractivity contribution < 1.29 is 9.90 Å². The van der Waals surface area contributed by atoms with Crippen LogP contribution in [0.15, 0.2) is 36.4 Å². The smallest absolute Gasteiger partial charge is 0.258 e. The molecule has 0 fully saturated rings. The fraction of sp³-hybridized carbons (Fsp3) is 0.176. The van der Waals surface area contributed by atoms with Crippen molar-refractivity contribution in [3.63, 3.8) is 0 Å². The number of pyridine rings is 1. The number of carbonyl (C=O) groups is 1. The molecular formula is C17H16N2O2. The van der Waals surface area contributed by atoms with Crippen molar-refractivity contribution >= 4 is 11.7 Å². The van der Waals surface area contributed by atoms with E-state index in [2.05, 4.69) is 22.1 Å². The molecule has 1 aromatic heterocycles. The van der Waals surface area contributed by atoms with Gasteiger partial charge >= 0.3 is 0 Å². The van der Waals surface area contributed by atoms with Gasteiger partial charge in [-0.1, -0.05) is 24.0 Å². The van der Waals surface area contributed by atoms with Crippen molar-refractivity contribution in [2.75, 3.05) is 11.9 Å². The zero-order valence-electron chi connectivity index (χ0n) is 12.0. The van der Waals surface area contributed by atoms with Crippen molar-refractivity contribution in [2.45, 2.75) is 13.8 Å². The third-order valence-corrected chi connectivity index (χ3v) is 2.85. The lowest BCUT2D eigenvalue weighted by Gasteiger charge is -2.07. The predicted molar refractivity (Wildman–Crippen MR) is 82.1 cm³/mol. The minimum atomic E-state index is -0.268. The van der Waals surface area contributed by atoms with E-state index in [9.17, 15) is 4.79 Å². The molecule has 0 aliphatic rings. The van der Waals surface area contributed by atoms with E-state index in [-0.39, 0.29) is 12.5 Å². The first-order valence-corrected chi connectivity index (χ1v) is 6.55. The summed E-state index contributed by atoms with van der Waals surface area (Å²) < 4.78 is 0. The Hall–Kier alpha value is -2.64. The van der Waals surface area contributed by atoms with Crippen LogP contribution >= 0.6 is 0 Å². The van der Waals surface area contributed by atoms with Gasteiger partial charge in [0.15, 0.2) is 0 Å². The molecule has 2 rings (SSSR count). The minimum absolute atomic E-state index is 0.242. The summed E-state index contributed by atoms with van der Waals surface area (Å²) in [4.78, 5) is 16.6. The largest absolute Gasteiger partial charge is 0.384 e. The van der Waals surface area contributed by atoms with Gasteiger partial charge in [0, 0.05) is 11.3 Å². The molecule has 0 atom stereocenters. The third-order valence-electron chi connectivity index (χ3n) is 2.85. The maximum absolute atomic E-state index is 12.3. The number of carbonyl (C=O) groups excluding carboxylic acids is 1. The van der Waals surface area contributed by atoms with Gasteiger partial charge in [0.25, 0.3) is 5.91 Å². The topological polar surface area (TPSA) is 62.2 Å². The molecule has 1 heterocycles. The number of benzene rings is 1. The number of hydrogen-bond donors (Lipinski definition) is 2. The molecule has 4 heteroatoms. The molecule has 0 bridgehead atoms. The van der Waals surface area contributed by atoms with Gasteiger partial charge in [0.05, 0.1) is 5.56 Å². The second kappa shape index (κ2) is 6.69. The van der Waals surface area contributed by atoms with E-state index in [1.807, 2.05) is 38.1 Å². The van der Waals surface area contributed by atoms with Crippen LogP contribution in [-0.2, 0) is 0 Å². The van der Waals surface area contributed by atoms with Crippen LogP contribution in [0.5, 0.6) is 0 Å². The molecule has 1 amide bonds. The number of aliphatic hydroxyl groups excluding tert-OH is 1. The van der Waals surface area contributed by atoms with Gasteiger partial charge < -0.3 is 10.4 Å². The van der Waals surface area contributed by atoms with Crippen LogP contribution in [-0.4, -0.2) is 22.6 Å². The normalized spacial score (nSPS) is 9.67. The first-order chi connectivity index (χ1) is 10.1. The van der Waals surface area contributed by atoms with Crippen molar-refractivity contribution in [3.05, 3.63) is 58.8 Å². The van der Waals surface area contributed by atoms with E-state index in [1.54, 1.807) is 12.1 Å². The highest BCUT2D eigenvalue weighted by Gasteiger charge is 2.11. The van der Waals surface area contributed by atoms with Crippen molar-refractivity contribution in [2.24, 2.45) is 0 Å². The molecule has 2 aromatic rings. The summed E-state index contributed by atoms with van der Waals surface area (Å²) in [6, 6.07) is 10.8. The Balaban J connectivity index is 2.30. The maximum atomic E-state index is 12.3. The summed E-state index contributed by atoms with van der Waals surface area (Å²) in [7, 11) is 0. The number of nitrogens with one attached hydrogen (secondary N) is 1. The lowest BCUT2D eigenvalue weighted by Crippen LogP contribution is -2.14. The molecule has 0 aliphatic heterocycles. The molecule has 4 nitrogen and oxygen atoms in total. The minimum Gasteiger partial charge on any atom is -0.384 e. The van der Waals surface area contributed by atoms with Gasteiger partial charge in [-0.05, 0) is 43.7 Å². The SMILES string of the molecule is Cc1ccc(C(=O)Nc2cccc(C)n2)c(C#CCO)c1. The summed E-state index contributed by atoms with van der Waals surface area (Å²) in [5.41, 5.74) is 2.89.